The van der Waals surface area contributed by atoms with Crippen molar-refractivity contribution >= 4 is 6.41 Å². The molecule has 45 valence electrons. The molecule has 0 atom stereocenters. The van der Waals surface area contributed by atoms with Gasteiger partial charge in [0.05, 0.1) is 0 Å². The number of rotatable bonds is 1. The maximum atomic E-state index is 9.88. The molecule has 0 spiro atoms. The lowest BCUT2D eigenvalue weighted by Crippen LogP contribution is -2.51. The Bertz CT molecular complexity index is 101. The van der Waals surface area contributed by atoms with Crippen LogP contribution in [-0.4, -0.2) is 24.4 Å². The predicted octanol–water partition coefficient (Wildman–Crippen LogP) is 0.395. The molecule has 1 rings (SSSR count). The van der Waals surface area contributed by atoms with Gasteiger partial charge >= 0.3 is 6.41 Å². The Hall–Kier alpha value is -0.530. The molecule has 0 aromatic carbocycles. The zero-order chi connectivity index (χ0) is 6.20. The summed E-state index contributed by atoms with van der Waals surface area (Å²) < 4.78 is 0. The Morgan fingerprint density at radius 1 is 1.50 bits per heavy atom. The van der Waals surface area contributed by atoms with Crippen molar-refractivity contribution in [1.29, 1.82) is 0 Å². The van der Waals surface area contributed by atoms with E-state index in [0.717, 1.165) is 13.1 Å². The molecule has 1 fully saturated rings. The van der Waals surface area contributed by atoms with Gasteiger partial charge in [-0.25, -0.2) is 0 Å². The summed E-state index contributed by atoms with van der Waals surface area (Å²) in [5.41, 5.74) is 0.359. The molecular formula is C6H10NO. The Morgan fingerprint density at radius 3 is 2.12 bits per heavy atom. The molecule has 2 nitrogen and oxygen atoms in total. The van der Waals surface area contributed by atoms with Crippen LogP contribution in [0.1, 0.15) is 13.8 Å². The number of carbonyl (C=O) groups excluding carboxylic acids is 1. The number of hydrogen-bond donors (Lipinski definition) is 0. The molecule has 0 saturated carbocycles. The second kappa shape index (κ2) is 1.47. The lowest BCUT2D eigenvalue weighted by atomic mass is 9.85. The highest BCUT2D eigenvalue weighted by atomic mass is 16.1. The van der Waals surface area contributed by atoms with Crippen LogP contribution in [0, 0.1) is 5.41 Å². The first kappa shape index (κ1) is 5.60. The van der Waals surface area contributed by atoms with Crippen LogP contribution in [0.2, 0.25) is 0 Å². The average molecular weight is 112 g/mol. The van der Waals surface area contributed by atoms with Gasteiger partial charge in [0, 0.05) is 13.1 Å². The Labute approximate surface area is 49.5 Å². The maximum absolute atomic E-state index is 9.88. The molecule has 2 heteroatoms. The Balaban J connectivity index is 2.31. The lowest BCUT2D eigenvalue weighted by Gasteiger charge is -2.42. The first-order valence-electron chi connectivity index (χ1n) is 2.77. The molecule has 8 heavy (non-hydrogen) atoms. The molecule has 1 radical (unpaired) electrons. The lowest BCUT2D eigenvalue weighted by molar-refractivity contribution is 0.0951. The van der Waals surface area contributed by atoms with Crippen molar-refractivity contribution in [2.24, 2.45) is 5.41 Å². The quantitative estimate of drug-likeness (QED) is 0.480. The minimum atomic E-state index is 0.359. The van der Waals surface area contributed by atoms with Crippen LogP contribution >= 0.6 is 0 Å². The van der Waals surface area contributed by atoms with Crippen molar-refractivity contribution in [3.8, 4) is 0 Å². The molecule has 0 aromatic rings. The van der Waals surface area contributed by atoms with Crippen LogP contribution in [0.25, 0.3) is 0 Å². The van der Waals surface area contributed by atoms with Crippen LogP contribution < -0.4 is 0 Å². The van der Waals surface area contributed by atoms with Gasteiger partial charge < -0.3 is 4.90 Å². The predicted molar refractivity (Wildman–Crippen MR) is 31.0 cm³/mol. The van der Waals surface area contributed by atoms with Gasteiger partial charge in [0.15, 0.2) is 0 Å². The number of nitrogens with zero attached hydrogens (tertiary/aromatic N) is 1. The van der Waals surface area contributed by atoms with Gasteiger partial charge in [0.2, 0.25) is 0 Å². The molecule has 0 N–H and O–H groups in total. The first-order chi connectivity index (χ1) is 3.64. The zero-order valence-corrected chi connectivity index (χ0v) is 5.27. The van der Waals surface area contributed by atoms with Gasteiger partial charge in [-0.15, -0.1) is 0 Å². The fraction of sp³-hybridized carbons (Fsp3) is 0.833. The third-order valence-corrected chi connectivity index (χ3v) is 1.37. The van der Waals surface area contributed by atoms with Crippen molar-refractivity contribution in [3.63, 3.8) is 0 Å². The molecule has 0 aliphatic carbocycles. The van der Waals surface area contributed by atoms with Crippen LogP contribution in [0.5, 0.6) is 0 Å². The van der Waals surface area contributed by atoms with E-state index in [2.05, 4.69) is 13.8 Å². The van der Waals surface area contributed by atoms with Gasteiger partial charge in [-0.05, 0) is 5.41 Å². The summed E-state index contributed by atoms with van der Waals surface area (Å²) in [7, 11) is 0. The summed E-state index contributed by atoms with van der Waals surface area (Å²) in [6.45, 7) is 6.02. The van der Waals surface area contributed by atoms with Crippen LogP contribution in [0.15, 0.2) is 0 Å². The van der Waals surface area contributed by atoms with Crippen LogP contribution in [0.4, 0.5) is 0 Å². The molecule has 0 bridgehead atoms. The maximum Gasteiger partial charge on any atom is 0.312 e. The average Bonchev–Trinajstić information content (AvgIpc) is 1.60. The summed E-state index contributed by atoms with van der Waals surface area (Å²) in [5.74, 6) is 0. The van der Waals surface area contributed by atoms with Gasteiger partial charge in [-0.2, -0.15) is 0 Å². The van der Waals surface area contributed by atoms with Crippen LogP contribution in [0.3, 0.4) is 0 Å². The smallest absolute Gasteiger partial charge is 0.312 e. The molecule has 0 aromatic heterocycles. The fourth-order valence-corrected chi connectivity index (χ4v) is 1.05. The Kier molecular flexibility index (Phi) is 1.03. The normalized spacial score (nSPS) is 24.5. The summed E-state index contributed by atoms with van der Waals surface area (Å²) in [6.07, 6.45) is 1.84. The molecule has 1 amide bonds. The van der Waals surface area contributed by atoms with Crippen LogP contribution in [-0.2, 0) is 4.79 Å². The van der Waals surface area contributed by atoms with E-state index in [4.69, 9.17) is 0 Å². The highest BCUT2D eigenvalue weighted by Gasteiger charge is 2.33. The summed E-state index contributed by atoms with van der Waals surface area (Å²) in [6, 6.07) is 0. The summed E-state index contributed by atoms with van der Waals surface area (Å²) >= 11 is 0. The van der Waals surface area contributed by atoms with E-state index in [0.29, 0.717) is 5.41 Å². The van der Waals surface area contributed by atoms with E-state index in [1.807, 2.05) is 6.41 Å². The standard InChI is InChI=1S/C6H10NO/c1-6(2)3-7(4-6)5-8/h3-4H2,1-2H3. The van der Waals surface area contributed by atoms with E-state index in [1.54, 1.807) is 4.90 Å². The zero-order valence-electron chi connectivity index (χ0n) is 5.27. The number of likely N-dealkylation sites (tertiary alicyclic amines) is 1. The molecular weight excluding hydrogens is 102 g/mol. The molecule has 1 aliphatic heterocycles. The van der Waals surface area contributed by atoms with Gasteiger partial charge in [-0.3, -0.25) is 4.79 Å². The minimum Gasteiger partial charge on any atom is -0.333 e. The fourth-order valence-electron chi connectivity index (χ4n) is 1.05. The topological polar surface area (TPSA) is 20.3 Å². The summed E-state index contributed by atoms with van der Waals surface area (Å²) in [5, 5.41) is 0. The molecule has 0 unspecified atom stereocenters. The second-order valence-electron chi connectivity index (χ2n) is 3.11. The molecule has 1 heterocycles. The van der Waals surface area contributed by atoms with E-state index < -0.39 is 0 Å². The Morgan fingerprint density at radius 2 is 2.00 bits per heavy atom. The summed E-state index contributed by atoms with van der Waals surface area (Å²) in [4.78, 5) is 11.5. The van der Waals surface area contributed by atoms with E-state index >= 15 is 0 Å². The molecule has 1 aliphatic rings. The molecule has 1 saturated heterocycles. The van der Waals surface area contributed by atoms with E-state index in [-0.39, 0.29) is 0 Å². The number of amides is 1. The monoisotopic (exact) mass is 112 g/mol. The van der Waals surface area contributed by atoms with Gasteiger partial charge in [-0.1, -0.05) is 13.8 Å². The number of hydrogen-bond acceptors (Lipinski definition) is 1. The van der Waals surface area contributed by atoms with Crippen molar-refractivity contribution in [2.75, 3.05) is 13.1 Å². The van der Waals surface area contributed by atoms with Crippen molar-refractivity contribution in [3.05, 3.63) is 0 Å². The second-order valence-corrected chi connectivity index (χ2v) is 3.11. The SMILES string of the molecule is CC1(C)CN([C]=O)C1. The van der Waals surface area contributed by atoms with Crippen molar-refractivity contribution in [2.45, 2.75) is 13.8 Å². The third kappa shape index (κ3) is 0.831. The first-order valence-corrected chi connectivity index (χ1v) is 2.77. The minimum absolute atomic E-state index is 0.359. The highest BCUT2D eigenvalue weighted by molar-refractivity contribution is 5.50. The third-order valence-electron chi connectivity index (χ3n) is 1.37. The largest absolute Gasteiger partial charge is 0.333 e. The highest BCUT2D eigenvalue weighted by Crippen LogP contribution is 2.26. The van der Waals surface area contributed by atoms with Gasteiger partial charge in [0.25, 0.3) is 0 Å². The van der Waals surface area contributed by atoms with E-state index in [9.17, 15) is 4.79 Å². The van der Waals surface area contributed by atoms with E-state index in [1.165, 1.54) is 0 Å². The van der Waals surface area contributed by atoms with Crippen molar-refractivity contribution in [1.82, 2.24) is 4.90 Å². The van der Waals surface area contributed by atoms with Gasteiger partial charge in [0.1, 0.15) is 0 Å². The van der Waals surface area contributed by atoms with Crippen molar-refractivity contribution < 1.29 is 4.79 Å².